The number of imidazole rings is 1. The van der Waals surface area contributed by atoms with Crippen LogP contribution in [0, 0.1) is 0 Å². The van der Waals surface area contributed by atoms with E-state index in [1.807, 2.05) is 49.1 Å². The van der Waals surface area contributed by atoms with Crippen LogP contribution in [0.15, 0.2) is 49.1 Å². The minimum atomic E-state index is -0.0497. The summed E-state index contributed by atoms with van der Waals surface area (Å²) in [6.07, 6.45) is 4.81. The molecule has 0 radical (unpaired) electrons. The highest BCUT2D eigenvalue weighted by atomic mass is 16.2. The van der Waals surface area contributed by atoms with Gasteiger partial charge in [0.15, 0.2) is 0 Å². The molecule has 0 spiro atoms. The number of hydrogen-bond donors (Lipinski definition) is 0. The zero-order chi connectivity index (χ0) is 13.0. The Morgan fingerprint density at radius 3 is 2.61 bits per heavy atom. The number of nitrogens with zero attached hydrogens (tertiary/aromatic N) is 3. The molecule has 4 heteroatoms. The normalized spacial score (nSPS) is 10.6. The molecule has 0 aliphatic rings. The van der Waals surface area contributed by atoms with Crippen LogP contribution >= 0.6 is 0 Å². The minimum absolute atomic E-state index is 0.0497. The van der Waals surface area contributed by atoms with Crippen molar-refractivity contribution in [1.29, 1.82) is 0 Å². The molecule has 1 amide bonds. The Labute approximate surface area is 107 Å². The minimum Gasteiger partial charge on any atom is -0.317 e. The second kappa shape index (κ2) is 5.49. The highest BCUT2D eigenvalue weighted by Crippen LogP contribution is 2.10. The molecule has 0 saturated carbocycles. The Bertz CT molecular complexity index is 491. The van der Waals surface area contributed by atoms with Crippen molar-refractivity contribution in [3.05, 3.63) is 54.6 Å². The van der Waals surface area contributed by atoms with Crippen molar-refractivity contribution in [3.8, 4) is 0 Å². The maximum atomic E-state index is 12.3. The molecule has 94 valence electrons. The fourth-order valence-corrected chi connectivity index (χ4v) is 1.77. The summed E-state index contributed by atoms with van der Waals surface area (Å²) in [5.41, 5.74) is 1.12. The number of benzene rings is 1. The van der Waals surface area contributed by atoms with Crippen molar-refractivity contribution in [2.45, 2.75) is 26.4 Å². The molecule has 0 atom stereocenters. The summed E-state index contributed by atoms with van der Waals surface area (Å²) in [5, 5.41) is 0. The van der Waals surface area contributed by atoms with E-state index in [0.29, 0.717) is 6.54 Å². The molecule has 0 fully saturated rings. The number of rotatable bonds is 3. The van der Waals surface area contributed by atoms with Crippen LogP contribution in [0.2, 0.25) is 0 Å². The number of carbonyl (C=O) groups excluding carboxylic acids is 1. The van der Waals surface area contributed by atoms with E-state index in [4.69, 9.17) is 0 Å². The first-order valence-electron chi connectivity index (χ1n) is 6.01. The molecule has 0 unspecified atom stereocenters. The summed E-state index contributed by atoms with van der Waals surface area (Å²) in [5.74, 6) is 0. The van der Waals surface area contributed by atoms with Crippen LogP contribution in [-0.4, -0.2) is 26.5 Å². The monoisotopic (exact) mass is 243 g/mol. The van der Waals surface area contributed by atoms with Crippen LogP contribution in [0.3, 0.4) is 0 Å². The van der Waals surface area contributed by atoms with Crippen molar-refractivity contribution in [2.75, 3.05) is 0 Å². The van der Waals surface area contributed by atoms with E-state index in [1.54, 1.807) is 12.4 Å². The molecule has 1 aromatic carbocycles. The average molecular weight is 243 g/mol. The molecule has 2 aromatic rings. The molecule has 1 aromatic heterocycles. The van der Waals surface area contributed by atoms with E-state index in [-0.39, 0.29) is 12.1 Å². The summed E-state index contributed by atoms with van der Waals surface area (Å²) in [4.78, 5) is 18.0. The van der Waals surface area contributed by atoms with Crippen molar-refractivity contribution in [2.24, 2.45) is 0 Å². The lowest BCUT2D eigenvalue weighted by Gasteiger charge is -2.26. The molecule has 0 saturated heterocycles. The Hall–Kier alpha value is -2.10. The van der Waals surface area contributed by atoms with Crippen LogP contribution in [0.5, 0.6) is 0 Å². The van der Waals surface area contributed by atoms with Crippen LogP contribution < -0.4 is 0 Å². The molecule has 0 aliphatic carbocycles. The van der Waals surface area contributed by atoms with Crippen molar-refractivity contribution < 1.29 is 4.79 Å². The van der Waals surface area contributed by atoms with Gasteiger partial charge < -0.3 is 4.90 Å². The van der Waals surface area contributed by atoms with Gasteiger partial charge in [0.2, 0.25) is 0 Å². The smallest absolute Gasteiger partial charge is 0.317 e. The molecule has 0 aliphatic heterocycles. The van der Waals surface area contributed by atoms with E-state index in [2.05, 4.69) is 4.98 Å². The second-order valence-electron chi connectivity index (χ2n) is 4.46. The first-order chi connectivity index (χ1) is 8.68. The van der Waals surface area contributed by atoms with Crippen LogP contribution in [0.1, 0.15) is 19.4 Å². The fourth-order valence-electron chi connectivity index (χ4n) is 1.77. The van der Waals surface area contributed by atoms with Gasteiger partial charge in [-0.15, -0.1) is 0 Å². The SMILES string of the molecule is CC(C)N(Cc1ccccc1)C(=O)n1ccnc1. The molecule has 4 nitrogen and oxygen atoms in total. The highest BCUT2D eigenvalue weighted by Gasteiger charge is 2.18. The molecule has 0 bridgehead atoms. The standard InChI is InChI=1S/C14H17N3O/c1-12(2)17(10-13-6-4-3-5-7-13)14(18)16-9-8-15-11-16/h3-9,11-12H,10H2,1-2H3. The first-order valence-corrected chi connectivity index (χ1v) is 6.01. The van der Waals surface area contributed by atoms with E-state index in [0.717, 1.165) is 5.56 Å². The van der Waals surface area contributed by atoms with Gasteiger partial charge in [-0.3, -0.25) is 4.57 Å². The van der Waals surface area contributed by atoms with E-state index in [1.165, 1.54) is 10.9 Å². The Kier molecular flexibility index (Phi) is 3.77. The van der Waals surface area contributed by atoms with Gasteiger partial charge in [-0.2, -0.15) is 0 Å². The predicted octanol–water partition coefficient (Wildman–Crippen LogP) is 2.76. The van der Waals surface area contributed by atoms with E-state index in [9.17, 15) is 4.79 Å². The van der Waals surface area contributed by atoms with Crippen molar-refractivity contribution in [3.63, 3.8) is 0 Å². The third-order valence-electron chi connectivity index (χ3n) is 2.79. The lowest BCUT2D eigenvalue weighted by molar-refractivity contribution is 0.181. The van der Waals surface area contributed by atoms with Crippen LogP contribution in [0.4, 0.5) is 4.79 Å². The highest BCUT2D eigenvalue weighted by molar-refractivity contribution is 5.76. The number of aromatic nitrogens is 2. The molecule has 18 heavy (non-hydrogen) atoms. The zero-order valence-electron chi connectivity index (χ0n) is 10.7. The van der Waals surface area contributed by atoms with Gasteiger partial charge in [0, 0.05) is 25.0 Å². The zero-order valence-corrected chi connectivity index (χ0v) is 10.7. The van der Waals surface area contributed by atoms with Crippen molar-refractivity contribution in [1.82, 2.24) is 14.5 Å². The predicted molar refractivity (Wildman–Crippen MR) is 70.1 cm³/mol. The molecular formula is C14H17N3O. The largest absolute Gasteiger partial charge is 0.329 e. The summed E-state index contributed by atoms with van der Waals surface area (Å²) in [7, 11) is 0. The van der Waals surface area contributed by atoms with Gasteiger partial charge in [-0.05, 0) is 19.4 Å². The fraction of sp³-hybridized carbons (Fsp3) is 0.286. The maximum Gasteiger partial charge on any atom is 0.329 e. The summed E-state index contributed by atoms with van der Waals surface area (Å²) < 4.78 is 1.50. The number of amides is 1. The van der Waals surface area contributed by atoms with Crippen LogP contribution in [-0.2, 0) is 6.54 Å². The third kappa shape index (κ3) is 2.77. The second-order valence-corrected chi connectivity index (χ2v) is 4.46. The quantitative estimate of drug-likeness (QED) is 0.831. The molecular weight excluding hydrogens is 226 g/mol. The number of hydrogen-bond acceptors (Lipinski definition) is 2. The van der Waals surface area contributed by atoms with Crippen LogP contribution in [0.25, 0.3) is 0 Å². The molecule has 0 N–H and O–H groups in total. The average Bonchev–Trinajstić information content (AvgIpc) is 2.90. The van der Waals surface area contributed by atoms with Gasteiger partial charge in [-0.1, -0.05) is 30.3 Å². The lowest BCUT2D eigenvalue weighted by atomic mass is 10.2. The third-order valence-corrected chi connectivity index (χ3v) is 2.79. The molecule has 2 rings (SSSR count). The lowest BCUT2D eigenvalue weighted by Crippen LogP contribution is -2.38. The Morgan fingerprint density at radius 2 is 2.06 bits per heavy atom. The Morgan fingerprint density at radius 1 is 1.33 bits per heavy atom. The summed E-state index contributed by atoms with van der Waals surface area (Å²) in [6, 6.07) is 10.1. The van der Waals surface area contributed by atoms with Gasteiger partial charge in [0.1, 0.15) is 6.33 Å². The van der Waals surface area contributed by atoms with Gasteiger partial charge >= 0.3 is 6.03 Å². The Balaban J connectivity index is 2.17. The van der Waals surface area contributed by atoms with Crippen molar-refractivity contribution >= 4 is 6.03 Å². The van der Waals surface area contributed by atoms with Gasteiger partial charge in [-0.25, -0.2) is 9.78 Å². The van der Waals surface area contributed by atoms with Gasteiger partial charge in [0.05, 0.1) is 0 Å². The molecule has 1 heterocycles. The van der Waals surface area contributed by atoms with E-state index >= 15 is 0 Å². The number of carbonyl (C=O) groups is 1. The van der Waals surface area contributed by atoms with Gasteiger partial charge in [0.25, 0.3) is 0 Å². The summed E-state index contributed by atoms with van der Waals surface area (Å²) >= 11 is 0. The first kappa shape index (κ1) is 12.4. The summed E-state index contributed by atoms with van der Waals surface area (Å²) in [6.45, 7) is 4.63. The topological polar surface area (TPSA) is 38.1 Å². The maximum absolute atomic E-state index is 12.3. The van der Waals surface area contributed by atoms with E-state index < -0.39 is 0 Å².